The highest BCUT2D eigenvalue weighted by atomic mass is 15.2. The molecule has 0 amide bonds. The van der Waals surface area contributed by atoms with Gasteiger partial charge >= 0.3 is 0 Å². The Morgan fingerprint density at radius 2 is 1.76 bits per heavy atom. The molecule has 1 aliphatic heterocycles. The first kappa shape index (κ1) is 19.9. The number of para-hydroxylation sites is 1. The van der Waals surface area contributed by atoms with E-state index in [0.717, 1.165) is 70.8 Å². The third kappa shape index (κ3) is 3.15. The number of aromatic nitrogens is 5. The lowest BCUT2D eigenvalue weighted by Crippen LogP contribution is -2.44. The SMILES string of the molecule is c1ccc2c(c1)[nH]c1nccc(-c3nc(N4CCNCC4)c4c(C5CCCC5)cncc4n3)c12. The highest BCUT2D eigenvalue weighted by Gasteiger charge is 2.26. The molecular weight excluding hydrogens is 422 g/mol. The number of rotatable bonds is 3. The summed E-state index contributed by atoms with van der Waals surface area (Å²) in [6.07, 6.45) is 10.9. The van der Waals surface area contributed by atoms with Crippen molar-refractivity contribution in [2.75, 3.05) is 31.1 Å². The quantitative estimate of drug-likeness (QED) is 0.412. The Hall–Kier alpha value is -3.58. The number of nitrogens with one attached hydrogen (secondary N) is 2. The van der Waals surface area contributed by atoms with Gasteiger partial charge in [0.25, 0.3) is 0 Å². The summed E-state index contributed by atoms with van der Waals surface area (Å²) in [6, 6.07) is 10.4. The first-order valence-corrected chi connectivity index (χ1v) is 12.3. The maximum atomic E-state index is 5.28. The monoisotopic (exact) mass is 449 g/mol. The Morgan fingerprint density at radius 3 is 2.65 bits per heavy atom. The molecule has 4 aromatic heterocycles. The minimum atomic E-state index is 0.550. The average molecular weight is 450 g/mol. The molecule has 1 saturated carbocycles. The lowest BCUT2D eigenvalue weighted by molar-refractivity contribution is 0.586. The molecular formula is C27H27N7. The number of aromatic amines is 1. The Labute approximate surface area is 197 Å². The molecule has 5 heterocycles. The van der Waals surface area contributed by atoms with E-state index in [4.69, 9.17) is 9.97 Å². The van der Waals surface area contributed by atoms with Gasteiger partial charge in [-0.05, 0) is 36.5 Å². The molecule has 0 spiro atoms. The third-order valence-electron chi connectivity index (χ3n) is 7.47. The number of hydrogen-bond donors (Lipinski definition) is 2. The van der Waals surface area contributed by atoms with E-state index < -0.39 is 0 Å². The van der Waals surface area contributed by atoms with Crippen molar-refractivity contribution >= 4 is 38.7 Å². The molecule has 7 nitrogen and oxygen atoms in total. The molecule has 7 rings (SSSR count). The number of hydrogen-bond acceptors (Lipinski definition) is 6. The molecule has 0 unspecified atom stereocenters. The van der Waals surface area contributed by atoms with E-state index in [1.807, 2.05) is 24.5 Å². The van der Waals surface area contributed by atoms with Crippen molar-refractivity contribution in [3.05, 3.63) is 54.5 Å². The van der Waals surface area contributed by atoms with E-state index in [9.17, 15) is 0 Å². The van der Waals surface area contributed by atoms with Gasteiger partial charge in [-0.15, -0.1) is 0 Å². The summed E-state index contributed by atoms with van der Waals surface area (Å²) >= 11 is 0. The van der Waals surface area contributed by atoms with Gasteiger partial charge in [-0.25, -0.2) is 15.0 Å². The van der Waals surface area contributed by atoms with Crippen LogP contribution in [0.1, 0.15) is 37.2 Å². The standard InChI is InChI=1S/C27H27N7/c1-2-6-17(5-1)20-15-29-16-22-24(20)27(34-13-11-28-12-14-34)33-25(32-22)19-9-10-30-26-23(19)18-7-3-4-8-21(18)31-26/h3-4,7-10,15-17,28H,1-2,5-6,11-14H2,(H,30,31). The fraction of sp³-hybridized carbons (Fsp3) is 0.333. The van der Waals surface area contributed by atoms with Gasteiger partial charge in [0.15, 0.2) is 5.82 Å². The molecule has 170 valence electrons. The largest absolute Gasteiger partial charge is 0.353 e. The predicted octanol–water partition coefficient (Wildman–Crippen LogP) is 4.79. The van der Waals surface area contributed by atoms with Crippen molar-refractivity contribution in [2.24, 2.45) is 0 Å². The van der Waals surface area contributed by atoms with Crippen LogP contribution in [0, 0.1) is 0 Å². The molecule has 2 aliphatic rings. The van der Waals surface area contributed by atoms with Crippen LogP contribution in [-0.4, -0.2) is 51.1 Å². The van der Waals surface area contributed by atoms with Crippen molar-refractivity contribution < 1.29 is 0 Å². The van der Waals surface area contributed by atoms with E-state index in [1.54, 1.807) is 0 Å². The van der Waals surface area contributed by atoms with Gasteiger partial charge in [-0.3, -0.25) is 4.98 Å². The maximum absolute atomic E-state index is 5.28. The van der Waals surface area contributed by atoms with Crippen LogP contribution in [0.3, 0.4) is 0 Å². The van der Waals surface area contributed by atoms with Crippen LogP contribution in [0.5, 0.6) is 0 Å². The van der Waals surface area contributed by atoms with Gasteiger partial charge in [-0.2, -0.15) is 0 Å². The summed E-state index contributed by atoms with van der Waals surface area (Å²) in [5.74, 6) is 2.34. The highest BCUT2D eigenvalue weighted by Crippen LogP contribution is 2.41. The molecule has 7 heteroatoms. The Kier molecular flexibility index (Phi) is 4.68. The topological polar surface area (TPSA) is 82.6 Å². The van der Waals surface area contributed by atoms with Crippen LogP contribution >= 0.6 is 0 Å². The van der Waals surface area contributed by atoms with Crippen LogP contribution in [0.15, 0.2) is 48.9 Å². The summed E-state index contributed by atoms with van der Waals surface area (Å²) in [7, 11) is 0. The molecule has 1 saturated heterocycles. The van der Waals surface area contributed by atoms with Crippen LogP contribution in [0.2, 0.25) is 0 Å². The minimum Gasteiger partial charge on any atom is -0.353 e. The zero-order chi connectivity index (χ0) is 22.5. The lowest BCUT2D eigenvalue weighted by Gasteiger charge is -2.30. The number of benzene rings is 1. The maximum Gasteiger partial charge on any atom is 0.163 e. The summed E-state index contributed by atoms with van der Waals surface area (Å²) in [5.41, 5.74) is 5.21. The van der Waals surface area contributed by atoms with Crippen molar-refractivity contribution in [2.45, 2.75) is 31.6 Å². The first-order valence-electron chi connectivity index (χ1n) is 12.3. The van der Waals surface area contributed by atoms with Crippen molar-refractivity contribution in [3.8, 4) is 11.4 Å². The molecule has 0 atom stereocenters. The van der Waals surface area contributed by atoms with E-state index in [2.05, 4.69) is 49.6 Å². The summed E-state index contributed by atoms with van der Waals surface area (Å²) in [6.45, 7) is 3.81. The van der Waals surface area contributed by atoms with E-state index >= 15 is 0 Å². The van der Waals surface area contributed by atoms with Crippen molar-refractivity contribution in [3.63, 3.8) is 0 Å². The molecule has 34 heavy (non-hydrogen) atoms. The number of fused-ring (bicyclic) bond motifs is 4. The smallest absolute Gasteiger partial charge is 0.163 e. The van der Waals surface area contributed by atoms with Crippen molar-refractivity contribution in [1.82, 2.24) is 30.2 Å². The second-order valence-electron chi connectivity index (χ2n) is 9.46. The number of nitrogens with zero attached hydrogens (tertiary/aromatic N) is 5. The van der Waals surface area contributed by atoms with Gasteiger partial charge < -0.3 is 15.2 Å². The predicted molar refractivity (Wildman–Crippen MR) is 136 cm³/mol. The van der Waals surface area contributed by atoms with Crippen LogP contribution in [-0.2, 0) is 0 Å². The molecule has 2 fully saturated rings. The number of H-pyrrole nitrogens is 1. The fourth-order valence-electron chi connectivity index (χ4n) is 5.81. The normalized spacial score (nSPS) is 17.4. The molecule has 0 radical (unpaired) electrons. The summed E-state index contributed by atoms with van der Waals surface area (Å²) in [5, 5.41) is 6.89. The average Bonchev–Trinajstić information content (AvgIpc) is 3.56. The Balaban J connectivity index is 1.50. The van der Waals surface area contributed by atoms with Gasteiger partial charge in [0.05, 0.1) is 11.7 Å². The van der Waals surface area contributed by atoms with E-state index in [0.29, 0.717) is 5.92 Å². The molecule has 2 N–H and O–H groups in total. The van der Waals surface area contributed by atoms with Crippen LogP contribution in [0.4, 0.5) is 5.82 Å². The van der Waals surface area contributed by atoms with E-state index in [1.165, 1.54) is 36.6 Å². The summed E-state index contributed by atoms with van der Waals surface area (Å²) < 4.78 is 0. The highest BCUT2D eigenvalue weighted by molar-refractivity contribution is 6.12. The van der Waals surface area contributed by atoms with E-state index in [-0.39, 0.29) is 0 Å². The number of pyridine rings is 2. The summed E-state index contributed by atoms with van der Waals surface area (Å²) in [4.78, 5) is 25.5. The molecule has 1 aliphatic carbocycles. The fourth-order valence-corrected chi connectivity index (χ4v) is 5.81. The third-order valence-corrected chi connectivity index (χ3v) is 7.47. The zero-order valence-electron chi connectivity index (χ0n) is 19.1. The van der Waals surface area contributed by atoms with Crippen LogP contribution in [0.25, 0.3) is 44.2 Å². The van der Waals surface area contributed by atoms with Gasteiger partial charge in [0.1, 0.15) is 11.5 Å². The van der Waals surface area contributed by atoms with Gasteiger partial charge in [0, 0.05) is 65.8 Å². The second kappa shape index (κ2) is 8.02. The van der Waals surface area contributed by atoms with Gasteiger partial charge in [0.2, 0.25) is 0 Å². The molecule has 5 aromatic rings. The Morgan fingerprint density at radius 1 is 0.912 bits per heavy atom. The van der Waals surface area contributed by atoms with Crippen LogP contribution < -0.4 is 10.2 Å². The Bertz CT molecular complexity index is 1510. The minimum absolute atomic E-state index is 0.550. The number of anilines is 1. The van der Waals surface area contributed by atoms with Crippen molar-refractivity contribution in [1.29, 1.82) is 0 Å². The zero-order valence-corrected chi connectivity index (χ0v) is 19.1. The second-order valence-corrected chi connectivity index (χ2v) is 9.46. The van der Waals surface area contributed by atoms with Gasteiger partial charge in [-0.1, -0.05) is 31.0 Å². The first-order chi connectivity index (χ1) is 16.9. The number of piperazine rings is 1. The lowest BCUT2D eigenvalue weighted by atomic mass is 9.95. The molecule has 1 aromatic carbocycles. The molecule has 0 bridgehead atoms.